The van der Waals surface area contributed by atoms with Crippen molar-refractivity contribution in [3.8, 4) is 11.4 Å². The molecule has 126 valence electrons. The van der Waals surface area contributed by atoms with Crippen LogP contribution in [0.3, 0.4) is 0 Å². The first-order valence-electron chi connectivity index (χ1n) is 7.50. The predicted octanol–water partition coefficient (Wildman–Crippen LogP) is 4.21. The van der Waals surface area contributed by atoms with Gasteiger partial charge in [-0.25, -0.2) is 4.79 Å². The van der Waals surface area contributed by atoms with Crippen molar-refractivity contribution in [1.29, 1.82) is 0 Å². The van der Waals surface area contributed by atoms with Gasteiger partial charge in [0, 0.05) is 28.5 Å². The van der Waals surface area contributed by atoms with Crippen molar-refractivity contribution in [3.63, 3.8) is 0 Å². The van der Waals surface area contributed by atoms with Gasteiger partial charge >= 0.3 is 5.97 Å². The van der Waals surface area contributed by atoms with Gasteiger partial charge in [-0.15, -0.1) is 0 Å². The Bertz CT molecular complexity index is 893. The first-order chi connectivity index (χ1) is 12.1. The van der Waals surface area contributed by atoms with E-state index in [9.17, 15) is 4.79 Å². The number of nitrogens with zero attached hydrogens (tertiary/aromatic N) is 3. The van der Waals surface area contributed by atoms with Crippen LogP contribution in [0.4, 0.5) is 0 Å². The highest BCUT2D eigenvalue weighted by Crippen LogP contribution is 2.20. The molecule has 1 atom stereocenters. The molecular weight excluding hydrogens is 386 g/mol. The van der Waals surface area contributed by atoms with Crippen LogP contribution in [-0.2, 0) is 9.53 Å². The van der Waals surface area contributed by atoms with Crippen LogP contribution in [0.25, 0.3) is 17.5 Å². The number of pyridine rings is 1. The standard InChI is InChI=1S/C18H14BrN3O3/c1-12(18-21-17(22-25-18)14-5-3-9-20-11-14)24-16(23)8-7-13-4-2-6-15(19)10-13/h2-12H,1H3/b8-7+. The SMILES string of the molecule is CC(OC(=O)/C=C/c1cccc(Br)c1)c1nc(-c2cccnc2)no1. The van der Waals surface area contributed by atoms with Gasteiger partial charge in [0.25, 0.3) is 5.89 Å². The molecule has 3 aromatic rings. The summed E-state index contributed by atoms with van der Waals surface area (Å²) in [7, 11) is 0. The monoisotopic (exact) mass is 399 g/mol. The van der Waals surface area contributed by atoms with E-state index in [4.69, 9.17) is 9.26 Å². The number of carbonyl (C=O) groups excluding carboxylic acids is 1. The number of rotatable bonds is 5. The molecule has 0 aliphatic rings. The third-order valence-electron chi connectivity index (χ3n) is 3.26. The van der Waals surface area contributed by atoms with Crippen molar-refractivity contribution in [1.82, 2.24) is 15.1 Å². The fourth-order valence-electron chi connectivity index (χ4n) is 2.05. The van der Waals surface area contributed by atoms with Crippen LogP contribution < -0.4 is 0 Å². The molecular formula is C18H14BrN3O3. The van der Waals surface area contributed by atoms with E-state index in [0.717, 1.165) is 15.6 Å². The molecule has 0 N–H and O–H groups in total. The largest absolute Gasteiger partial charge is 0.449 e. The van der Waals surface area contributed by atoms with E-state index in [0.29, 0.717) is 5.82 Å². The second-order valence-corrected chi connectivity index (χ2v) is 6.08. The Hall–Kier alpha value is -2.80. The number of hydrogen-bond acceptors (Lipinski definition) is 6. The number of esters is 1. The molecule has 1 unspecified atom stereocenters. The van der Waals surface area contributed by atoms with Gasteiger partial charge in [-0.2, -0.15) is 4.98 Å². The summed E-state index contributed by atoms with van der Waals surface area (Å²) in [5.74, 6) is 0.132. The lowest BCUT2D eigenvalue weighted by Crippen LogP contribution is -2.06. The molecule has 0 radical (unpaired) electrons. The average molecular weight is 400 g/mol. The van der Waals surface area contributed by atoms with Crippen molar-refractivity contribution in [2.75, 3.05) is 0 Å². The van der Waals surface area contributed by atoms with Gasteiger partial charge in [0.1, 0.15) is 0 Å². The van der Waals surface area contributed by atoms with Crippen molar-refractivity contribution >= 4 is 28.0 Å². The topological polar surface area (TPSA) is 78.1 Å². The number of carbonyl (C=O) groups is 1. The number of halogens is 1. The minimum atomic E-state index is -0.655. The van der Waals surface area contributed by atoms with Gasteiger partial charge in [-0.05, 0) is 42.8 Å². The summed E-state index contributed by atoms with van der Waals surface area (Å²) in [6.07, 6.45) is 5.67. The molecule has 0 bridgehead atoms. The lowest BCUT2D eigenvalue weighted by Gasteiger charge is -2.06. The van der Waals surface area contributed by atoms with Gasteiger partial charge in [-0.3, -0.25) is 4.98 Å². The third-order valence-corrected chi connectivity index (χ3v) is 3.76. The minimum absolute atomic E-state index is 0.225. The zero-order valence-electron chi connectivity index (χ0n) is 13.3. The minimum Gasteiger partial charge on any atom is -0.449 e. The molecule has 0 spiro atoms. The molecule has 2 heterocycles. The van der Waals surface area contributed by atoms with Crippen LogP contribution >= 0.6 is 15.9 Å². The van der Waals surface area contributed by atoms with E-state index in [-0.39, 0.29) is 5.89 Å². The molecule has 0 saturated carbocycles. The number of hydrogen-bond donors (Lipinski definition) is 0. The van der Waals surface area contributed by atoms with Crippen LogP contribution in [0.2, 0.25) is 0 Å². The van der Waals surface area contributed by atoms with Gasteiger partial charge in [0.05, 0.1) is 0 Å². The molecule has 25 heavy (non-hydrogen) atoms. The Morgan fingerprint density at radius 3 is 2.96 bits per heavy atom. The average Bonchev–Trinajstić information content (AvgIpc) is 3.11. The molecule has 0 amide bonds. The van der Waals surface area contributed by atoms with Crippen LogP contribution in [0.15, 0.2) is 63.9 Å². The fourth-order valence-corrected chi connectivity index (χ4v) is 2.47. The fraction of sp³-hybridized carbons (Fsp3) is 0.111. The van der Waals surface area contributed by atoms with Gasteiger partial charge in [0.2, 0.25) is 5.82 Å². The summed E-state index contributed by atoms with van der Waals surface area (Å²) in [4.78, 5) is 20.2. The van der Waals surface area contributed by atoms with E-state index in [1.165, 1.54) is 6.08 Å². The van der Waals surface area contributed by atoms with E-state index < -0.39 is 12.1 Å². The Balaban J connectivity index is 1.63. The van der Waals surface area contributed by atoms with E-state index in [1.54, 1.807) is 31.5 Å². The quantitative estimate of drug-likeness (QED) is 0.472. The van der Waals surface area contributed by atoms with Crippen LogP contribution in [-0.4, -0.2) is 21.1 Å². The predicted molar refractivity (Wildman–Crippen MR) is 95.2 cm³/mol. The molecule has 7 heteroatoms. The summed E-state index contributed by atoms with van der Waals surface area (Å²) in [5, 5.41) is 3.88. The maximum Gasteiger partial charge on any atom is 0.331 e. The van der Waals surface area contributed by atoms with Crippen molar-refractivity contribution in [2.45, 2.75) is 13.0 Å². The summed E-state index contributed by atoms with van der Waals surface area (Å²) < 4.78 is 11.4. The highest BCUT2D eigenvalue weighted by molar-refractivity contribution is 9.10. The first kappa shape index (κ1) is 17.0. The lowest BCUT2D eigenvalue weighted by atomic mass is 10.2. The van der Waals surface area contributed by atoms with Crippen LogP contribution in [0, 0.1) is 0 Å². The van der Waals surface area contributed by atoms with Crippen LogP contribution in [0.5, 0.6) is 0 Å². The summed E-state index contributed by atoms with van der Waals surface area (Å²) in [6.45, 7) is 1.67. The van der Waals surface area contributed by atoms with E-state index in [1.807, 2.05) is 30.3 Å². The highest BCUT2D eigenvalue weighted by atomic mass is 79.9. The normalized spacial score (nSPS) is 12.2. The van der Waals surface area contributed by atoms with Crippen molar-refractivity contribution in [2.24, 2.45) is 0 Å². The Kier molecular flexibility index (Phi) is 5.35. The molecule has 3 rings (SSSR count). The molecule has 0 aliphatic carbocycles. The molecule has 0 saturated heterocycles. The maximum absolute atomic E-state index is 11.9. The van der Waals surface area contributed by atoms with Gasteiger partial charge < -0.3 is 9.26 Å². The molecule has 2 aromatic heterocycles. The summed E-state index contributed by atoms with van der Waals surface area (Å²) >= 11 is 3.38. The Morgan fingerprint density at radius 2 is 2.20 bits per heavy atom. The smallest absolute Gasteiger partial charge is 0.331 e. The Labute approximate surface area is 152 Å². The van der Waals surface area contributed by atoms with Crippen molar-refractivity contribution < 1.29 is 14.1 Å². The Morgan fingerprint density at radius 1 is 1.32 bits per heavy atom. The molecule has 0 aliphatic heterocycles. The second kappa shape index (κ2) is 7.85. The summed E-state index contributed by atoms with van der Waals surface area (Å²) in [5.41, 5.74) is 1.61. The van der Waals surface area contributed by atoms with E-state index >= 15 is 0 Å². The number of benzene rings is 1. The van der Waals surface area contributed by atoms with Gasteiger partial charge in [0.15, 0.2) is 6.10 Å². The number of ether oxygens (including phenoxy) is 1. The third kappa shape index (κ3) is 4.60. The maximum atomic E-state index is 11.9. The zero-order chi connectivity index (χ0) is 17.6. The molecule has 1 aromatic carbocycles. The van der Waals surface area contributed by atoms with Crippen LogP contribution in [0.1, 0.15) is 24.5 Å². The summed E-state index contributed by atoms with van der Waals surface area (Å²) in [6, 6.07) is 11.2. The zero-order valence-corrected chi connectivity index (χ0v) is 14.9. The molecule has 6 nitrogen and oxygen atoms in total. The lowest BCUT2D eigenvalue weighted by molar-refractivity contribution is -0.143. The highest BCUT2D eigenvalue weighted by Gasteiger charge is 2.18. The van der Waals surface area contributed by atoms with E-state index in [2.05, 4.69) is 31.1 Å². The second-order valence-electron chi connectivity index (χ2n) is 5.17. The molecule has 0 fully saturated rings. The van der Waals surface area contributed by atoms with Crippen molar-refractivity contribution in [3.05, 3.63) is 70.8 Å². The van der Waals surface area contributed by atoms with Gasteiger partial charge in [-0.1, -0.05) is 33.2 Å². The first-order valence-corrected chi connectivity index (χ1v) is 8.29. The number of aromatic nitrogens is 3.